The van der Waals surface area contributed by atoms with E-state index in [1.54, 1.807) is 6.20 Å². The van der Waals surface area contributed by atoms with E-state index in [4.69, 9.17) is 10.5 Å². The number of nitrogens with two attached hydrogens (primary N) is 1. The molecule has 0 radical (unpaired) electrons. The monoisotopic (exact) mass is 276 g/mol. The highest BCUT2D eigenvalue weighted by Gasteiger charge is 2.22. The highest BCUT2D eigenvalue weighted by molar-refractivity contribution is 5.63. The Kier molecular flexibility index (Phi) is 3.79. The van der Waals surface area contributed by atoms with Crippen molar-refractivity contribution in [1.29, 1.82) is 0 Å². The van der Waals surface area contributed by atoms with Crippen LogP contribution in [0.15, 0.2) is 12.4 Å². The summed E-state index contributed by atoms with van der Waals surface area (Å²) in [5.41, 5.74) is 6.29. The summed E-state index contributed by atoms with van der Waals surface area (Å²) in [7, 11) is 0. The Balaban J connectivity index is 1.73. The van der Waals surface area contributed by atoms with Gasteiger partial charge in [0, 0.05) is 32.0 Å². The van der Waals surface area contributed by atoms with Crippen molar-refractivity contribution in [2.45, 2.75) is 25.9 Å². The van der Waals surface area contributed by atoms with Crippen LogP contribution in [0.4, 0.5) is 5.82 Å². The van der Waals surface area contributed by atoms with Crippen molar-refractivity contribution in [2.75, 3.05) is 31.1 Å². The summed E-state index contributed by atoms with van der Waals surface area (Å²) < 4.78 is 7.67. The first-order valence-corrected chi connectivity index (χ1v) is 7.02. The minimum Gasteiger partial charge on any atom is -0.377 e. The van der Waals surface area contributed by atoms with Gasteiger partial charge in [0.05, 0.1) is 12.7 Å². The van der Waals surface area contributed by atoms with Gasteiger partial charge in [0.25, 0.3) is 0 Å². The summed E-state index contributed by atoms with van der Waals surface area (Å²) in [5.74, 6) is 1.79. The Morgan fingerprint density at radius 2 is 2.15 bits per heavy atom. The van der Waals surface area contributed by atoms with Crippen molar-refractivity contribution in [3.05, 3.63) is 18.2 Å². The molecule has 2 N–H and O–H groups in total. The molecule has 0 aromatic carbocycles. The molecule has 0 bridgehead atoms. The van der Waals surface area contributed by atoms with Crippen LogP contribution in [0.3, 0.4) is 0 Å². The number of aromatic nitrogens is 4. The molecular weight excluding hydrogens is 256 g/mol. The third-order valence-corrected chi connectivity index (χ3v) is 3.69. The number of piperidine rings is 1. The average Bonchev–Trinajstić information content (AvgIpc) is 2.87. The summed E-state index contributed by atoms with van der Waals surface area (Å²) in [6.07, 6.45) is 6.00. The highest BCUT2D eigenvalue weighted by atomic mass is 16.5. The minimum absolute atomic E-state index is 0.314. The molecule has 2 aromatic heterocycles. The maximum atomic E-state index is 5.70. The van der Waals surface area contributed by atoms with E-state index in [0.717, 1.165) is 43.2 Å². The number of hydrogen-bond donors (Lipinski definition) is 1. The maximum absolute atomic E-state index is 5.70. The number of anilines is 1. The van der Waals surface area contributed by atoms with Crippen molar-refractivity contribution in [3.63, 3.8) is 0 Å². The van der Waals surface area contributed by atoms with E-state index >= 15 is 0 Å². The topological polar surface area (TPSA) is 81.6 Å². The van der Waals surface area contributed by atoms with Gasteiger partial charge in [0.1, 0.15) is 5.82 Å². The molecule has 0 atom stereocenters. The zero-order chi connectivity index (χ0) is 13.9. The van der Waals surface area contributed by atoms with Crippen LogP contribution in [0.25, 0.3) is 5.65 Å². The first-order chi connectivity index (χ1) is 9.79. The van der Waals surface area contributed by atoms with E-state index in [1.165, 1.54) is 0 Å². The number of nitrogens with zero attached hydrogens (tertiary/aromatic N) is 5. The number of hydrogen-bond acceptors (Lipinski definition) is 6. The SMILES string of the molecule is Cc1nnc2c(N3CCC(OCCN)CC3)nccn12. The molecule has 7 heteroatoms. The highest BCUT2D eigenvalue weighted by Crippen LogP contribution is 2.22. The van der Waals surface area contributed by atoms with Crippen molar-refractivity contribution in [1.82, 2.24) is 19.6 Å². The lowest BCUT2D eigenvalue weighted by Gasteiger charge is -2.32. The Bertz CT molecular complexity index is 575. The van der Waals surface area contributed by atoms with Gasteiger partial charge in [0.2, 0.25) is 5.65 Å². The molecule has 0 spiro atoms. The largest absolute Gasteiger partial charge is 0.377 e. The molecule has 0 saturated carbocycles. The van der Waals surface area contributed by atoms with Gasteiger partial charge in [-0.2, -0.15) is 0 Å². The van der Waals surface area contributed by atoms with E-state index in [-0.39, 0.29) is 0 Å². The van der Waals surface area contributed by atoms with Crippen LogP contribution in [-0.4, -0.2) is 51.9 Å². The van der Waals surface area contributed by atoms with Gasteiger partial charge in [-0.1, -0.05) is 0 Å². The second-order valence-corrected chi connectivity index (χ2v) is 5.04. The van der Waals surface area contributed by atoms with Crippen molar-refractivity contribution in [3.8, 4) is 0 Å². The molecule has 1 aliphatic rings. The third kappa shape index (κ3) is 2.46. The smallest absolute Gasteiger partial charge is 0.203 e. The lowest BCUT2D eigenvalue weighted by Crippen LogP contribution is -2.38. The Morgan fingerprint density at radius 3 is 2.90 bits per heavy atom. The van der Waals surface area contributed by atoms with Crippen LogP contribution in [0.1, 0.15) is 18.7 Å². The number of rotatable bonds is 4. The molecule has 0 amide bonds. The Hall–Kier alpha value is -1.73. The van der Waals surface area contributed by atoms with Crippen molar-refractivity contribution < 1.29 is 4.74 Å². The number of aryl methyl sites for hydroxylation is 1. The van der Waals surface area contributed by atoms with Crippen LogP contribution >= 0.6 is 0 Å². The van der Waals surface area contributed by atoms with E-state index in [1.807, 2.05) is 17.5 Å². The molecule has 7 nitrogen and oxygen atoms in total. The van der Waals surface area contributed by atoms with Gasteiger partial charge in [-0.25, -0.2) is 4.98 Å². The molecule has 3 heterocycles. The van der Waals surface area contributed by atoms with Gasteiger partial charge in [-0.3, -0.25) is 4.40 Å². The van der Waals surface area contributed by atoms with E-state index in [9.17, 15) is 0 Å². The molecule has 1 aliphatic heterocycles. The third-order valence-electron chi connectivity index (χ3n) is 3.69. The predicted octanol–water partition coefficient (Wildman–Crippen LogP) is 0.377. The Morgan fingerprint density at radius 1 is 1.35 bits per heavy atom. The molecule has 0 aliphatic carbocycles. The first-order valence-electron chi connectivity index (χ1n) is 7.02. The number of fused-ring (bicyclic) bond motifs is 1. The van der Waals surface area contributed by atoms with Crippen LogP contribution in [-0.2, 0) is 4.74 Å². The molecule has 3 rings (SSSR count). The maximum Gasteiger partial charge on any atom is 0.203 e. The van der Waals surface area contributed by atoms with Gasteiger partial charge in [-0.05, 0) is 19.8 Å². The van der Waals surface area contributed by atoms with Gasteiger partial charge in [-0.15, -0.1) is 10.2 Å². The lowest BCUT2D eigenvalue weighted by atomic mass is 10.1. The summed E-state index contributed by atoms with van der Waals surface area (Å²) in [6.45, 7) is 5.01. The zero-order valence-electron chi connectivity index (χ0n) is 11.7. The predicted molar refractivity (Wildman–Crippen MR) is 75.8 cm³/mol. The summed E-state index contributed by atoms with van der Waals surface area (Å²) >= 11 is 0. The second kappa shape index (κ2) is 5.72. The second-order valence-electron chi connectivity index (χ2n) is 5.04. The van der Waals surface area contributed by atoms with E-state index in [0.29, 0.717) is 19.3 Å². The van der Waals surface area contributed by atoms with Crippen LogP contribution in [0, 0.1) is 6.92 Å². The summed E-state index contributed by atoms with van der Waals surface area (Å²) in [6, 6.07) is 0. The molecule has 20 heavy (non-hydrogen) atoms. The fraction of sp³-hybridized carbons (Fsp3) is 0.615. The van der Waals surface area contributed by atoms with E-state index in [2.05, 4.69) is 20.1 Å². The van der Waals surface area contributed by atoms with E-state index < -0.39 is 0 Å². The molecule has 1 saturated heterocycles. The molecular formula is C13H20N6O. The molecule has 0 unspecified atom stereocenters. The van der Waals surface area contributed by atoms with Crippen LogP contribution < -0.4 is 10.6 Å². The molecule has 2 aromatic rings. The normalized spacial score (nSPS) is 17.0. The summed E-state index contributed by atoms with van der Waals surface area (Å²) in [5, 5.41) is 8.34. The standard InChI is InChI=1S/C13H20N6O/c1-10-16-17-13-12(15-5-8-19(10)13)18-6-2-11(3-7-18)20-9-4-14/h5,8,11H,2-4,6-7,9,14H2,1H3. The molecule has 1 fully saturated rings. The van der Waals surface area contributed by atoms with Crippen LogP contribution in [0.5, 0.6) is 0 Å². The minimum atomic E-state index is 0.314. The van der Waals surface area contributed by atoms with Crippen LogP contribution in [0.2, 0.25) is 0 Å². The lowest BCUT2D eigenvalue weighted by molar-refractivity contribution is 0.0421. The van der Waals surface area contributed by atoms with Gasteiger partial charge >= 0.3 is 0 Å². The zero-order valence-corrected chi connectivity index (χ0v) is 11.7. The first kappa shape index (κ1) is 13.3. The average molecular weight is 276 g/mol. The van der Waals surface area contributed by atoms with Crippen molar-refractivity contribution in [2.24, 2.45) is 5.73 Å². The van der Waals surface area contributed by atoms with Gasteiger partial charge < -0.3 is 15.4 Å². The fourth-order valence-corrected chi connectivity index (χ4v) is 2.62. The quantitative estimate of drug-likeness (QED) is 0.869. The summed E-state index contributed by atoms with van der Waals surface area (Å²) in [4.78, 5) is 6.73. The molecule has 108 valence electrons. The number of ether oxygens (including phenoxy) is 1. The van der Waals surface area contributed by atoms with Crippen molar-refractivity contribution >= 4 is 11.5 Å². The van der Waals surface area contributed by atoms with Gasteiger partial charge in [0.15, 0.2) is 5.82 Å². The fourth-order valence-electron chi connectivity index (χ4n) is 2.62. The Labute approximate surface area is 117 Å².